The molecule has 0 amide bonds. The molecule has 2 heteroatoms. The minimum atomic E-state index is -0.444. The lowest BCUT2D eigenvalue weighted by atomic mass is 10.1. The summed E-state index contributed by atoms with van der Waals surface area (Å²) < 4.78 is 0. The summed E-state index contributed by atoms with van der Waals surface area (Å²) in [6.45, 7) is 3.56. The average molecular weight is 167 g/mol. The molecule has 0 aliphatic carbocycles. The van der Waals surface area contributed by atoms with Crippen molar-refractivity contribution in [3.8, 4) is 0 Å². The third-order valence-corrected chi connectivity index (χ3v) is 1.60. The summed E-state index contributed by atoms with van der Waals surface area (Å²) in [7, 11) is 0. The van der Waals surface area contributed by atoms with Crippen LogP contribution < -0.4 is 0 Å². The SMILES string of the molecule is C=Cc1ccccc1C(=O)Cl. The summed E-state index contributed by atoms with van der Waals surface area (Å²) in [5.74, 6) is 0. The van der Waals surface area contributed by atoms with E-state index in [1.54, 1.807) is 24.3 Å². The van der Waals surface area contributed by atoms with Crippen LogP contribution >= 0.6 is 11.6 Å². The molecule has 11 heavy (non-hydrogen) atoms. The normalized spacial score (nSPS) is 9.18. The minimum absolute atomic E-state index is 0.444. The largest absolute Gasteiger partial charge is 0.276 e. The standard InChI is InChI=1S/C9H7ClO/c1-2-7-5-3-4-6-8(7)9(10)11/h2-6H,1H2. The van der Waals surface area contributed by atoms with E-state index in [1.807, 2.05) is 6.07 Å². The van der Waals surface area contributed by atoms with E-state index >= 15 is 0 Å². The van der Waals surface area contributed by atoms with Gasteiger partial charge >= 0.3 is 0 Å². The lowest BCUT2D eigenvalue weighted by Gasteiger charge is -1.97. The Morgan fingerprint density at radius 3 is 2.55 bits per heavy atom. The summed E-state index contributed by atoms with van der Waals surface area (Å²) in [6, 6.07) is 7.07. The predicted octanol–water partition coefficient (Wildman–Crippen LogP) is 2.71. The monoisotopic (exact) mass is 166 g/mol. The molecular weight excluding hydrogens is 160 g/mol. The highest BCUT2D eigenvalue weighted by molar-refractivity contribution is 6.68. The Bertz CT molecular complexity index is 291. The molecule has 0 saturated heterocycles. The van der Waals surface area contributed by atoms with Crippen LogP contribution in [0.25, 0.3) is 6.08 Å². The van der Waals surface area contributed by atoms with Crippen LogP contribution in [-0.2, 0) is 0 Å². The Balaban J connectivity index is 3.22. The molecule has 1 aromatic rings. The van der Waals surface area contributed by atoms with Crippen molar-refractivity contribution in [1.29, 1.82) is 0 Å². The van der Waals surface area contributed by atoms with Gasteiger partial charge in [-0.3, -0.25) is 4.79 Å². The molecular formula is C9H7ClO. The van der Waals surface area contributed by atoms with Gasteiger partial charge in [0.2, 0.25) is 0 Å². The van der Waals surface area contributed by atoms with E-state index in [-0.39, 0.29) is 0 Å². The number of carbonyl (C=O) groups excluding carboxylic acids is 1. The Labute approximate surface area is 70.3 Å². The molecule has 0 unspecified atom stereocenters. The van der Waals surface area contributed by atoms with Crippen LogP contribution in [0.15, 0.2) is 30.8 Å². The molecule has 0 saturated carbocycles. The molecule has 56 valence electrons. The van der Waals surface area contributed by atoms with Crippen LogP contribution in [0.3, 0.4) is 0 Å². The van der Waals surface area contributed by atoms with Gasteiger partial charge in [-0.05, 0) is 23.2 Å². The zero-order valence-corrected chi connectivity index (χ0v) is 6.64. The summed E-state index contributed by atoms with van der Waals surface area (Å²) in [4.78, 5) is 10.7. The second kappa shape index (κ2) is 3.35. The third-order valence-electron chi connectivity index (χ3n) is 1.39. The van der Waals surface area contributed by atoms with E-state index < -0.39 is 5.24 Å². The maximum absolute atomic E-state index is 10.7. The minimum Gasteiger partial charge on any atom is -0.276 e. The molecule has 0 aromatic heterocycles. The summed E-state index contributed by atoms with van der Waals surface area (Å²) in [6.07, 6.45) is 1.61. The zero-order valence-electron chi connectivity index (χ0n) is 5.88. The maximum atomic E-state index is 10.7. The van der Waals surface area contributed by atoms with Gasteiger partial charge in [0.05, 0.1) is 0 Å². The van der Waals surface area contributed by atoms with Gasteiger partial charge < -0.3 is 0 Å². The highest BCUT2D eigenvalue weighted by Crippen LogP contribution is 2.11. The van der Waals surface area contributed by atoms with Crippen molar-refractivity contribution in [2.24, 2.45) is 0 Å². The van der Waals surface area contributed by atoms with Crippen molar-refractivity contribution in [1.82, 2.24) is 0 Å². The highest BCUT2D eigenvalue weighted by atomic mass is 35.5. The molecule has 1 nitrogen and oxygen atoms in total. The highest BCUT2D eigenvalue weighted by Gasteiger charge is 2.03. The van der Waals surface area contributed by atoms with Crippen molar-refractivity contribution < 1.29 is 4.79 Å². The summed E-state index contributed by atoms with van der Waals surface area (Å²) >= 11 is 5.30. The Kier molecular flexibility index (Phi) is 2.44. The fraction of sp³-hybridized carbons (Fsp3) is 0. The average Bonchev–Trinajstić information content (AvgIpc) is 2.04. The zero-order chi connectivity index (χ0) is 8.27. The number of hydrogen-bond donors (Lipinski definition) is 0. The lowest BCUT2D eigenvalue weighted by Crippen LogP contribution is -1.91. The van der Waals surface area contributed by atoms with Gasteiger partial charge in [0.15, 0.2) is 0 Å². The quantitative estimate of drug-likeness (QED) is 0.618. The van der Waals surface area contributed by atoms with Crippen LogP contribution in [-0.4, -0.2) is 5.24 Å². The smallest absolute Gasteiger partial charge is 0.252 e. The van der Waals surface area contributed by atoms with Gasteiger partial charge in [-0.2, -0.15) is 0 Å². The number of benzene rings is 1. The van der Waals surface area contributed by atoms with Crippen molar-refractivity contribution >= 4 is 22.9 Å². The third kappa shape index (κ3) is 1.69. The molecule has 1 aromatic carbocycles. The molecule has 0 atom stereocenters. The number of halogens is 1. The summed E-state index contributed by atoms with van der Waals surface area (Å²) in [5.41, 5.74) is 1.27. The van der Waals surface area contributed by atoms with Crippen LogP contribution in [0.2, 0.25) is 0 Å². The number of hydrogen-bond acceptors (Lipinski definition) is 1. The van der Waals surface area contributed by atoms with Crippen LogP contribution in [0.4, 0.5) is 0 Å². The second-order valence-corrected chi connectivity index (χ2v) is 2.41. The number of rotatable bonds is 2. The molecule has 1 rings (SSSR count). The van der Waals surface area contributed by atoms with Crippen LogP contribution in [0.1, 0.15) is 15.9 Å². The van der Waals surface area contributed by atoms with Gasteiger partial charge in [0, 0.05) is 5.56 Å². The molecule has 0 N–H and O–H groups in total. The van der Waals surface area contributed by atoms with E-state index in [9.17, 15) is 4.79 Å². The first-order valence-electron chi connectivity index (χ1n) is 3.17. The van der Waals surface area contributed by atoms with Gasteiger partial charge in [0.1, 0.15) is 0 Å². The van der Waals surface area contributed by atoms with E-state index in [2.05, 4.69) is 6.58 Å². The van der Waals surface area contributed by atoms with Gasteiger partial charge in [0.25, 0.3) is 5.24 Å². The lowest BCUT2D eigenvalue weighted by molar-refractivity contribution is 0.108. The van der Waals surface area contributed by atoms with E-state index in [0.717, 1.165) is 5.56 Å². The molecule has 0 bridgehead atoms. The molecule has 0 fully saturated rings. The van der Waals surface area contributed by atoms with E-state index in [1.165, 1.54) is 0 Å². The van der Waals surface area contributed by atoms with Gasteiger partial charge in [-0.15, -0.1) is 0 Å². The van der Waals surface area contributed by atoms with Crippen molar-refractivity contribution in [2.45, 2.75) is 0 Å². The van der Waals surface area contributed by atoms with Crippen LogP contribution in [0, 0.1) is 0 Å². The van der Waals surface area contributed by atoms with E-state index in [4.69, 9.17) is 11.6 Å². The van der Waals surface area contributed by atoms with Crippen molar-refractivity contribution in [3.63, 3.8) is 0 Å². The molecule has 0 aliphatic heterocycles. The Morgan fingerprint density at radius 1 is 1.45 bits per heavy atom. The maximum Gasteiger partial charge on any atom is 0.252 e. The fourth-order valence-corrected chi connectivity index (χ4v) is 1.03. The number of carbonyl (C=O) groups is 1. The Morgan fingerprint density at radius 2 is 2.09 bits per heavy atom. The van der Waals surface area contributed by atoms with Crippen molar-refractivity contribution in [2.75, 3.05) is 0 Å². The first kappa shape index (κ1) is 8.02. The van der Waals surface area contributed by atoms with Gasteiger partial charge in [-0.1, -0.05) is 30.9 Å². The van der Waals surface area contributed by atoms with E-state index in [0.29, 0.717) is 5.56 Å². The second-order valence-electron chi connectivity index (χ2n) is 2.07. The molecule has 0 heterocycles. The topological polar surface area (TPSA) is 17.1 Å². The van der Waals surface area contributed by atoms with Gasteiger partial charge in [-0.25, -0.2) is 0 Å². The van der Waals surface area contributed by atoms with Crippen molar-refractivity contribution in [3.05, 3.63) is 42.0 Å². The first-order chi connectivity index (χ1) is 5.25. The predicted molar refractivity (Wildman–Crippen MR) is 46.7 cm³/mol. The molecule has 0 spiro atoms. The molecule has 0 radical (unpaired) electrons. The molecule has 0 aliphatic rings. The summed E-state index contributed by atoms with van der Waals surface area (Å²) in [5, 5.41) is -0.444. The van der Waals surface area contributed by atoms with Crippen LogP contribution in [0.5, 0.6) is 0 Å². The Hall–Kier alpha value is -1.08. The first-order valence-corrected chi connectivity index (χ1v) is 3.55. The fourth-order valence-electron chi connectivity index (χ4n) is 0.854.